The van der Waals surface area contributed by atoms with Gasteiger partial charge in [-0.25, -0.2) is 13.4 Å². The Hall–Kier alpha value is -3.72. The van der Waals surface area contributed by atoms with Crippen LogP contribution in [0.1, 0.15) is 21.6 Å². The van der Waals surface area contributed by atoms with Crippen molar-refractivity contribution in [1.82, 2.24) is 10.1 Å². The van der Waals surface area contributed by atoms with Gasteiger partial charge in [0.2, 0.25) is 0 Å². The van der Waals surface area contributed by atoms with Gasteiger partial charge in [-0.05, 0) is 49.7 Å². The number of pyridine rings is 1. The smallest absolute Gasteiger partial charge is 0.263 e. The zero-order valence-corrected chi connectivity index (χ0v) is 17.0. The van der Waals surface area contributed by atoms with Gasteiger partial charge in [0.25, 0.3) is 21.6 Å². The van der Waals surface area contributed by atoms with E-state index in [0.717, 1.165) is 5.56 Å². The van der Waals surface area contributed by atoms with Crippen molar-refractivity contribution < 1.29 is 17.7 Å². The van der Waals surface area contributed by atoms with Crippen molar-refractivity contribution in [1.29, 1.82) is 0 Å². The third kappa shape index (κ3) is 3.87. The summed E-state index contributed by atoms with van der Waals surface area (Å²) in [6.45, 7) is 3.61. The lowest BCUT2D eigenvalue weighted by Crippen LogP contribution is -2.18. The average molecular weight is 422 g/mol. The minimum atomic E-state index is -4.00. The van der Waals surface area contributed by atoms with Crippen molar-refractivity contribution in [3.63, 3.8) is 0 Å². The van der Waals surface area contributed by atoms with Crippen molar-refractivity contribution in [3.05, 3.63) is 77.6 Å². The molecule has 0 aliphatic rings. The van der Waals surface area contributed by atoms with E-state index in [9.17, 15) is 13.2 Å². The molecule has 0 atom stereocenters. The number of rotatable bonds is 5. The first kappa shape index (κ1) is 19.6. The number of benzene rings is 2. The maximum atomic E-state index is 12.9. The van der Waals surface area contributed by atoms with Gasteiger partial charge in [-0.15, -0.1) is 0 Å². The van der Waals surface area contributed by atoms with E-state index in [-0.39, 0.29) is 21.9 Å². The number of anilines is 2. The van der Waals surface area contributed by atoms with Crippen LogP contribution in [0.5, 0.6) is 0 Å². The normalized spacial score (nSPS) is 11.4. The summed E-state index contributed by atoms with van der Waals surface area (Å²) in [5, 5.41) is 7.07. The number of carbonyl (C=O) groups is 1. The second kappa shape index (κ2) is 7.60. The van der Waals surface area contributed by atoms with Crippen LogP contribution in [0.15, 0.2) is 70.2 Å². The Balaban J connectivity index is 1.64. The number of para-hydroxylation sites is 1. The van der Waals surface area contributed by atoms with Crippen LogP contribution in [-0.4, -0.2) is 24.5 Å². The Morgan fingerprint density at radius 1 is 1.03 bits per heavy atom. The Morgan fingerprint density at radius 2 is 1.83 bits per heavy atom. The van der Waals surface area contributed by atoms with Crippen LogP contribution >= 0.6 is 0 Å². The standard InChI is InChI=1S/C21H18N4O4S/c1-13-6-5-7-15(10-13)23-20(26)17-8-3-4-9-19(17)25-30(27,28)16-11-18-14(2)24-29-21(18)22-12-16/h3-12,25H,1-2H3,(H,23,26). The summed E-state index contributed by atoms with van der Waals surface area (Å²) in [7, 11) is -4.00. The topological polar surface area (TPSA) is 114 Å². The summed E-state index contributed by atoms with van der Waals surface area (Å²) in [6.07, 6.45) is 1.19. The molecule has 4 rings (SSSR count). The second-order valence-corrected chi connectivity index (χ2v) is 8.45. The van der Waals surface area contributed by atoms with E-state index in [2.05, 4.69) is 20.2 Å². The van der Waals surface area contributed by atoms with Crippen molar-refractivity contribution in [2.24, 2.45) is 0 Å². The van der Waals surface area contributed by atoms with Crippen molar-refractivity contribution >= 4 is 38.4 Å². The summed E-state index contributed by atoms with van der Waals surface area (Å²) in [6, 6.07) is 15.2. The fraction of sp³-hybridized carbons (Fsp3) is 0.0952. The Labute approximate surface area is 173 Å². The number of carbonyl (C=O) groups excluding carboxylic acids is 1. The Kier molecular flexibility index (Phi) is 4.96. The number of amides is 1. The van der Waals surface area contributed by atoms with Crippen molar-refractivity contribution in [3.8, 4) is 0 Å². The predicted molar refractivity (Wildman–Crippen MR) is 113 cm³/mol. The number of sulfonamides is 1. The van der Waals surface area contributed by atoms with Crippen LogP contribution in [0, 0.1) is 13.8 Å². The lowest BCUT2D eigenvalue weighted by molar-refractivity contribution is 0.102. The molecule has 2 aromatic heterocycles. The summed E-state index contributed by atoms with van der Waals surface area (Å²) < 4.78 is 33.3. The van der Waals surface area contributed by atoms with Crippen LogP contribution in [0.3, 0.4) is 0 Å². The van der Waals surface area contributed by atoms with Crippen molar-refractivity contribution in [2.45, 2.75) is 18.7 Å². The van der Waals surface area contributed by atoms with Gasteiger partial charge in [0.15, 0.2) is 0 Å². The van der Waals surface area contributed by atoms with Gasteiger partial charge in [0.1, 0.15) is 4.90 Å². The Bertz CT molecular complexity index is 1360. The molecule has 0 saturated heterocycles. The van der Waals surface area contributed by atoms with Crippen LogP contribution in [0.25, 0.3) is 11.1 Å². The summed E-state index contributed by atoms with van der Waals surface area (Å²) in [5.74, 6) is -0.428. The molecule has 0 radical (unpaired) electrons. The molecule has 8 nitrogen and oxygen atoms in total. The summed E-state index contributed by atoms with van der Waals surface area (Å²) >= 11 is 0. The predicted octanol–water partition coefficient (Wildman–Crippen LogP) is 3.89. The third-order valence-corrected chi connectivity index (χ3v) is 5.82. The molecular weight excluding hydrogens is 404 g/mol. The maximum Gasteiger partial charge on any atom is 0.263 e. The van der Waals surface area contributed by atoms with Crippen LogP contribution in [-0.2, 0) is 10.0 Å². The molecule has 4 aromatic rings. The molecule has 1 amide bonds. The molecule has 9 heteroatoms. The molecule has 0 saturated carbocycles. The highest BCUT2D eigenvalue weighted by molar-refractivity contribution is 7.92. The first-order valence-electron chi connectivity index (χ1n) is 9.05. The van der Waals surface area contributed by atoms with E-state index in [1.54, 1.807) is 31.2 Å². The van der Waals surface area contributed by atoms with Gasteiger partial charge in [-0.1, -0.05) is 29.4 Å². The van der Waals surface area contributed by atoms with Gasteiger partial charge >= 0.3 is 0 Å². The summed E-state index contributed by atoms with van der Waals surface area (Å²) in [4.78, 5) is 16.7. The second-order valence-electron chi connectivity index (χ2n) is 6.77. The van der Waals surface area contributed by atoms with E-state index in [1.807, 2.05) is 25.1 Å². The molecule has 2 heterocycles. The quantitative estimate of drug-likeness (QED) is 0.504. The molecule has 2 N–H and O–H groups in total. The zero-order chi connectivity index (χ0) is 21.3. The van der Waals surface area contributed by atoms with E-state index < -0.39 is 15.9 Å². The average Bonchev–Trinajstić information content (AvgIpc) is 3.08. The SMILES string of the molecule is Cc1cccc(NC(=O)c2ccccc2NS(=O)(=O)c2cnc3onc(C)c3c2)c1. The zero-order valence-electron chi connectivity index (χ0n) is 16.2. The lowest BCUT2D eigenvalue weighted by Gasteiger charge is -2.13. The Morgan fingerprint density at radius 3 is 2.63 bits per heavy atom. The first-order chi connectivity index (χ1) is 14.3. The fourth-order valence-electron chi connectivity index (χ4n) is 2.97. The number of nitrogens with zero attached hydrogens (tertiary/aromatic N) is 2. The molecule has 0 aliphatic heterocycles. The monoisotopic (exact) mass is 422 g/mol. The van der Waals surface area contributed by atoms with Gasteiger partial charge in [0.05, 0.1) is 28.5 Å². The van der Waals surface area contributed by atoms with E-state index in [0.29, 0.717) is 16.8 Å². The third-order valence-electron chi connectivity index (χ3n) is 4.49. The molecule has 0 unspecified atom stereocenters. The van der Waals surface area contributed by atoms with E-state index in [4.69, 9.17) is 4.52 Å². The number of nitrogens with one attached hydrogen (secondary N) is 2. The van der Waals surface area contributed by atoms with E-state index >= 15 is 0 Å². The van der Waals surface area contributed by atoms with Crippen LogP contribution in [0.4, 0.5) is 11.4 Å². The number of aromatic nitrogens is 2. The highest BCUT2D eigenvalue weighted by atomic mass is 32.2. The van der Waals surface area contributed by atoms with Crippen LogP contribution < -0.4 is 10.0 Å². The largest absolute Gasteiger partial charge is 0.336 e. The molecule has 0 bridgehead atoms. The minimum absolute atomic E-state index is 0.0600. The van der Waals surface area contributed by atoms with Gasteiger partial charge < -0.3 is 9.84 Å². The number of fused-ring (bicyclic) bond motifs is 1. The molecule has 0 fully saturated rings. The number of hydrogen-bond donors (Lipinski definition) is 2. The highest BCUT2D eigenvalue weighted by Gasteiger charge is 2.21. The number of aryl methyl sites for hydroxylation is 2. The molecule has 0 spiro atoms. The molecule has 0 aliphatic carbocycles. The van der Waals surface area contributed by atoms with Crippen molar-refractivity contribution in [2.75, 3.05) is 10.0 Å². The summed E-state index contributed by atoms with van der Waals surface area (Å²) in [5.41, 5.74) is 2.75. The maximum absolute atomic E-state index is 12.9. The van der Waals surface area contributed by atoms with Gasteiger partial charge in [-0.3, -0.25) is 9.52 Å². The minimum Gasteiger partial charge on any atom is -0.336 e. The fourth-order valence-corrected chi connectivity index (χ4v) is 4.02. The van der Waals surface area contributed by atoms with E-state index in [1.165, 1.54) is 18.3 Å². The van der Waals surface area contributed by atoms with Gasteiger partial charge in [0, 0.05) is 5.69 Å². The van der Waals surface area contributed by atoms with Gasteiger partial charge in [-0.2, -0.15) is 0 Å². The molecule has 152 valence electrons. The number of hydrogen-bond acceptors (Lipinski definition) is 6. The lowest BCUT2D eigenvalue weighted by atomic mass is 10.1. The molecule has 30 heavy (non-hydrogen) atoms. The van der Waals surface area contributed by atoms with Crippen LogP contribution in [0.2, 0.25) is 0 Å². The molecule has 2 aromatic carbocycles. The first-order valence-corrected chi connectivity index (χ1v) is 10.5. The highest BCUT2D eigenvalue weighted by Crippen LogP contribution is 2.24. The molecular formula is C21H18N4O4S.